The molecule has 0 atom stereocenters. The minimum absolute atomic E-state index is 0.0548. The molecule has 1 aliphatic carbocycles. The molecule has 1 fully saturated rings. The maximum atomic E-state index is 10.6. The van der Waals surface area contributed by atoms with Crippen LogP contribution in [0.15, 0.2) is 12.7 Å². The molecular formula is C9H15NO. The second kappa shape index (κ2) is 4.16. The number of rotatable bonds is 5. The number of carbonyl (C=O) groups excluding carboxylic acids is 1. The van der Waals surface area contributed by atoms with Gasteiger partial charge in [-0.3, -0.25) is 4.79 Å². The molecule has 1 rings (SSSR count). The van der Waals surface area contributed by atoms with Crippen LogP contribution in [0.25, 0.3) is 0 Å². The standard InChI is InChI=1S/C9H15NO/c1-2-9(11)10-7-3-4-8-5-6-8/h2,8H,1,3-7H2,(H,10,11). The zero-order valence-electron chi connectivity index (χ0n) is 6.81. The highest BCUT2D eigenvalue weighted by Crippen LogP contribution is 2.33. The highest BCUT2D eigenvalue weighted by atomic mass is 16.1. The monoisotopic (exact) mass is 153 g/mol. The van der Waals surface area contributed by atoms with Crippen LogP contribution in [-0.2, 0) is 4.79 Å². The largest absolute Gasteiger partial charge is 0.353 e. The van der Waals surface area contributed by atoms with Crippen molar-refractivity contribution in [2.75, 3.05) is 6.54 Å². The third-order valence-corrected chi connectivity index (χ3v) is 1.97. The molecule has 1 saturated carbocycles. The van der Waals surface area contributed by atoms with Gasteiger partial charge < -0.3 is 5.32 Å². The number of nitrogens with one attached hydrogen (secondary N) is 1. The lowest BCUT2D eigenvalue weighted by atomic mass is 10.2. The highest BCUT2D eigenvalue weighted by molar-refractivity contribution is 5.86. The quantitative estimate of drug-likeness (QED) is 0.470. The maximum absolute atomic E-state index is 10.6. The van der Waals surface area contributed by atoms with E-state index in [-0.39, 0.29) is 5.91 Å². The van der Waals surface area contributed by atoms with Crippen LogP contribution in [0.1, 0.15) is 25.7 Å². The van der Waals surface area contributed by atoms with E-state index in [0.717, 1.165) is 18.9 Å². The van der Waals surface area contributed by atoms with E-state index in [2.05, 4.69) is 11.9 Å². The van der Waals surface area contributed by atoms with Crippen LogP contribution in [0.4, 0.5) is 0 Å². The van der Waals surface area contributed by atoms with Crippen LogP contribution in [0, 0.1) is 5.92 Å². The zero-order valence-corrected chi connectivity index (χ0v) is 6.81. The van der Waals surface area contributed by atoms with Gasteiger partial charge in [-0.2, -0.15) is 0 Å². The molecule has 0 spiro atoms. The molecule has 0 aliphatic heterocycles. The van der Waals surface area contributed by atoms with Gasteiger partial charge in [-0.15, -0.1) is 0 Å². The van der Waals surface area contributed by atoms with Crippen LogP contribution in [-0.4, -0.2) is 12.5 Å². The van der Waals surface area contributed by atoms with Crippen molar-refractivity contribution in [2.45, 2.75) is 25.7 Å². The Morgan fingerprint density at radius 2 is 2.36 bits per heavy atom. The Bertz CT molecular complexity index is 150. The summed E-state index contributed by atoms with van der Waals surface area (Å²) < 4.78 is 0. The molecular weight excluding hydrogens is 138 g/mol. The second-order valence-electron chi connectivity index (χ2n) is 3.08. The van der Waals surface area contributed by atoms with E-state index in [1.807, 2.05) is 0 Å². The van der Waals surface area contributed by atoms with Crippen molar-refractivity contribution in [1.29, 1.82) is 0 Å². The number of hydrogen-bond donors (Lipinski definition) is 1. The van der Waals surface area contributed by atoms with Crippen LogP contribution in [0.3, 0.4) is 0 Å². The van der Waals surface area contributed by atoms with Gasteiger partial charge in [0, 0.05) is 6.54 Å². The minimum atomic E-state index is -0.0548. The van der Waals surface area contributed by atoms with Gasteiger partial charge in [-0.1, -0.05) is 19.4 Å². The molecule has 0 aromatic carbocycles. The molecule has 1 amide bonds. The first-order valence-corrected chi connectivity index (χ1v) is 4.23. The van der Waals surface area contributed by atoms with Crippen molar-refractivity contribution in [2.24, 2.45) is 5.92 Å². The molecule has 1 aliphatic rings. The van der Waals surface area contributed by atoms with Crippen LogP contribution >= 0.6 is 0 Å². The molecule has 0 aromatic heterocycles. The molecule has 0 saturated heterocycles. The van der Waals surface area contributed by atoms with Gasteiger partial charge in [0.1, 0.15) is 0 Å². The summed E-state index contributed by atoms with van der Waals surface area (Å²) in [5, 5.41) is 2.76. The molecule has 62 valence electrons. The lowest BCUT2D eigenvalue weighted by Crippen LogP contribution is -2.21. The number of amides is 1. The molecule has 0 unspecified atom stereocenters. The first kappa shape index (κ1) is 8.31. The van der Waals surface area contributed by atoms with Gasteiger partial charge in [-0.05, 0) is 24.8 Å². The van der Waals surface area contributed by atoms with E-state index in [1.54, 1.807) is 0 Å². The Balaban J connectivity index is 1.86. The molecule has 0 aromatic rings. The van der Waals surface area contributed by atoms with Crippen molar-refractivity contribution in [3.8, 4) is 0 Å². The molecule has 0 radical (unpaired) electrons. The van der Waals surface area contributed by atoms with E-state index < -0.39 is 0 Å². The fraction of sp³-hybridized carbons (Fsp3) is 0.667. The van der Waals surface area contributed by atoms with Crippen molar-refractivity contribution in [1.82, 2.24) is 5.32 Å². The highest BCUT2D eigenvalue weighted by Gasteiger charge is 2.19. The average molecular weight is 153 g/mol. The van der Waals surface area contributed by atoms with Gasteiger partial charge in [-0.25, -0.2) is 0 Å². The third kappa shape index (κ3) is 3.81. The van der Waals surface area contributed by atoms with E-state index in [4.69, 9.17) is 0 Å². The molecule has 1 N–H and O–H groups in total. The summed E-state index contributed by atoms with van der Waals surface area (Å²) in [6.45, 7) is 4.18. The molecule has 11 heavy (non-hydrogen) atoms. The maximum Gasteiger partial charge on any atom is 0.243 e. The third-order valence-electron chi connectivity index (χ3n) is 1.97. The van der Waals surface area contributed by atoms with E-state index in [1.165, 1.54) is 25.3 Å². The van der Waals surface area contributed by atoms with Crippen molar-refractivity contribution in [3.05, 3.63) is 12.7 Å². The minimum Gasteiger partial charge on any atom is -0.353 e. The van der Waals surface area contributed by atoms with Gasteiger partial charge in [0.25, 0.3) is 0 Å². The predicted octanol–water partition coefficient (Wildman–Crippen LogP) is 1.48. The molecule has 2 nitrogen and oxygen atoms in total. The second-order valence-corrected chi connectivity index (χ2v) is 3.08. The van der Waals surface area contributed by atoms with Gasteiger partial charge >= 0.3 is 0 Å². The van der Waals surface area contributed by atoms with Crippen LogP contribution < -0.4 is 5.32 Å². The topological polar surface area (TPSA) is 29.1 Å². The fourth-order valence-corrected chi connectivity index (χ4v) is 1.08. The number of hydrogen-bond acceptors (Lipinski definition) is 1. The van der Waals surface area contributed by atoms with Gasteiger partial charge in [0.05, 0.1) is 0 Å². The summed E-state index contributed by atoms with van der Waals surface area (Å²) in [5.41, 5.74) is 0. The lowest BCUT2D eigenvalue weighted by molar-refractivity contribution is -0.116. The zero-order chi connectivity index (χ0) is 8.10. The summed E-state index contributed by atoms with van der Waals surface area (Å²) in [4.78, 5) is 10.6. The Hall–Kier alpha value is -0.790. The predicted molar refractivity (Wildman–Crippen MR) is 45.2 cm³/mol. The lowest BCUT2D eigenvalue weighted by Gasteiger charge is -1.99. The van der Waals surface area contributed by atoms with Crippen molar-refractivity contribution >= 4 is 5.91 Å². The van der Waals surface area contributed by atoms with E-state index >= 15 is 0 Å². The first-order chi connectivity index (χ1) is 5.33. The molecule has 0 heterocycles. The van der Waals surface area contributed by atoms with Crippen molar-refractivity contribution in [3.63, 3.8) is 0 Å². The Morgan fingerprint density at radius 3 is 2.91 bits per heavy atom. The van der Waals surface area contributed by atoms with Gasteiger partial charge in [0.2, 0.25) is 5.91 Å². The average Bonchev–Trinajstić information content (AvgIpc) is 2.81. The first-order valence-electron chi connectivity index (χ1n) is 4.23. The SMILES string of the molecule is C=CC(=O)NCCCC1CC1. The summed E-state index contributed by atoms with van der Waals surface area (Å²) in [6.07, 6.45) is 6.50. The van der Waals surface area contributed by atoms with Crippen LogP contribution in [0.2, 0.25) is 0 Å². The summed E-state index contributed by atoms with van der Waals surface area (Å²) in [7, 11) is 0. The summed E-state index contributed by atoms with van der Waals surface area (Å²) >= 11 is 0. The van der Waals surface area contributed by atoms with E-state index in [9.17, 15) is 4.79 Å². The Labute approximate surface area is 67.7 Å². The van der Waals surface area contributed by atoms with Gasteiger partial charge in [0.15, 0.2) is 0 Å². The van der Waals surface area contributed by atoms with E-state index in [0.29, 0.717) is 0 Å². The molecule has 2 heteroatoms. The smallest absolute Gasteiger partial charge is 0.243 e. The summed E-state index contributed by atoms with van der Waals surface area (Å²) in [5.74, 6) is 0.913. The molecule has 0 bridgehead atoms. The summed E-state index contributed by atoms with van der Waals surface area (Å²) in [6, 6.07) is 0. The van der Waals surface area contributed by atoms with Crippen LogP contribution in [0.5, 0.6) is 0 Å². The van der Waals surface area contributed by atoms with Crippen molar-refractivity contribution < 1.29 is 4.79 Å². The fourth-order valence-electron chi connectivity index (χ4n) is 1.08. The Kier molecular flexibility index (Phi) is 3.14. The normalized spacial score (nSPS) is 16.0. The Morgan fingerprint density at radius 1 is 1.64 bits per heavy atom. The number of carbonyl (C=O) groups is 1.